The van der Waals surface area contributed by atoms with Gasteiger partial charge in [-0.1, -0.05) is 19.8 Å². The number of carbonyl (C=O) groups is 1. The monoisotopic (exact) mass is 227 g/mol. The van der Waals surface area contributed by atoms with Gasteiger partial charge in [-0.25, -0.2) is 4.79 Å². The van der Waals surface area contributed by atoms with E-state index in [0.29, 0.717) is 6.42 Å². The van der Waals surface area contributed by atoms with E-state index in [2.05, 4.69) is 5.10 Å². The average Bonchev–Trinajstić information content (AvgIpc) is 2.67. The Morgan fingerprint density at radius 3 is 2.88 bits per heavy atom. The number of hydrogen-bond donors (Lipinski definition) is 1. The van der Waals surface area contributed by atoms with E-state index in [1.54, 1.807) is 0 Å². The van der Waals surface area contributed by atoms with E-state index < -0.39 is 16.9 Å². The Morgan fingerprint density at radius 2 is 2.44 bits per heavy atom. The molecule has 0 amide bonds. The minimum Gasteiger partial charge on any atom is -0.480 e. The van der Waals surface area contributed by atoms with Gasteiger partial charge in [-0.05, 0) is 11.3 Å². The first-order valence-electron chi connectivity index (χ1n) is 4.98. The lowest BCUT2D eigenvalue weighted by Gasteiger charge is -2.08. The Bertz CT molecular complexity index is 388. The number of nitro groups is 1. The summed E-state index contributed by atoms with van der Waals surface area (Å²) in [6.07, 6.45) is 3.36. The summed E-state index contributed by atoms with van der Waals surface area (Å²) in [4.78, 5) is 20.7. The number of hydrogen-bond acceptors (Lipinski definition) is 4. The van der Waals surface area contributed by atoms with E-state index in [1.165, 1.54) is 12.3 Å². The lowest BCUT2D eigenvalue weighted by atomic mass is 10.1. The van der Waals surface area contributed by atoms with Gasteiger partial charge in [0.05, 0.1) is 17.4 Å². The first kappa shape index (κ1) is 12.2. The lowest BCUT2D eigenvalue weighted by molar-refractivity contribution is -0.389. The summed E-state index contributed by atoms with van der Waals surface area (Å²) in [6.45, 7) is 1.95. The lowest BCUT2D eigenvalue weighted by Crippen LogP contribution is -2.19. The minimum atomic E-state index is -1.02. The van der Waals surface area contributed by atoms with Crippen LogP contribution < -0.4 is 0 Å². The molecule has 88 valence electrons. The Morgan fingerprint density at radius 1 is 1.75 bits per heavy atom. The van der Waals surface area contributed by atoms with Crippen molar-refractivity contribution in [1.29, 1.82) is 0 Å². The molecule has 0 saturated carbocycles. The Kier molecular flexibility index (Phi) is 3.98. The SMILES string of the molecule is CCCCC(C(=O)O)n1ccc([N+](=O)[O-])n1. The summed E-state index contributed by atoms with van der Waals surface area (Å²) >= 11 is 0. The van der Waals surface area contributed by atoms with Crippen molar-refractivity contribution in [3.05, 3.63) is 22.4 Å². The van der Waals surface area contributed by atoms with Gasteiger partial charge in [0.15, 0.2) is 6.04 Å². The fraction of sp³-hybridized carbons (Fsp3) is 0.556. The summed E-state index contributed by atoms with van der Waals surface area (Å²) in [5.74, 6) is -1.35. The van der Waals surface area contributed by atoms with Crippen LogP contribution in [0.15, 0.2) is 12.3 Å². The average molecular weight is 227 g/mol. The standard InChI is InChI=1S/C9H13N3O4/c1-2-3-4-7(9(13)14)11-6-5-8(10-11)12(15)16/h5-7H,2-4H2,1H3,(H,13,14). The molecule has 0 aliphatic carbocycles. The maximum atomic E-state index is 11.0. The molecule has 0 aliphatic rings. The number of carboxylic acid groups (broad SMARTS) is 1. The fourth-order valence-electron chi connectivity index (χ4n) is 1.37. The number of carboxylic acids is 1. The molecule has 1 aromatic heterocycles. The molecule has 0 fully saturated rings. The number of unbranched alkanes of at least 4 members (excludes halogenated alkanes) is 1. The molecule has 0 aromatic carbocycles. The highest BCUT2D eigenvalue weighted by atomic mass is 16.6. The third-order valence-electron chi connectivity index (χ3n) is 2.22. The van der Waals surface area contributed by atoms with Crippen molar-refractivity contribution in [3.63, 3.8) is 0 Å². The molecular weight excluding hydrogens is 214 g/mol. The predicted octanol–water partition coefficient (Wildman–Crippen LogP) is 1.61. The first-order chi connectivity index (χ1) is 7.56. The van der Waals surface area contributed by atoms with Gasteiger partial charge in [0.2, 0.25) is 0 Å². The van der Waals surface area contributed by atoms with Crippen LogP contribution in [0.2, 0.25) is 0 Å². The van der Waals surface area contributed by atoms with E-state index in [1.807, 2.05) is 6.92 Å². The van der Waals surface area contributed by atoms with Crippen LogP contribution >= 0.6 is 0 Å². The van der Waals surface area contributed by atoms with Crippen LogP contribution in [-0.4, -0.2) is 25.8 Å². The van der Waals surface area contributed by atoms with Gasteiger partial charge in [-0.3, -0.25) is 0 Å². The summed E-state index contributed by atoms with van der Waals surface area (Å²) in [7, 11) is 0. The fourth-order valence-corrected chi connectivity index (χ4v) is 1.37. The highest BCUT2D eigenvalue weighted by molar-refractivity contribution is 5.71. The molecule has 0 saturated heterocycles. The second-order valence-corrected chi connectivity index (χ2v) is 3.41. The minimum absolute atomic E-state index is 0.331. The molecule has 1 N–H and O–H groups in total. The van der Waals surface area contributed by atoms with Crippen molar-refractivity contribution < 1.29 is 14.8 Å². The maximum absolute atomic E-state index is 11.0. The molecule has 0 aliphatic heterocycles. The summed E-state index contributed by atoms with van der Waals surface area (Å²) in [6, 6.07) is 0.371. The van der Waals surface area contributed by atoms with Gasteiger partial charge in [-0.2, -0.15) is 4.68 Å². The van der Waals surface area contributed by atoms with Crippen LogP contribution in [0.3, 0.4) is 0 Å². The second kappa shape index (κ2) is 5.24. The van der Waals surface area contributed by atoms with Crippen molar-refractivity contribution in [1.82, 2.24) is 9.78 Å². The zero-order valence-corrected chi connectivity index (χ0v) is 8.87. The molecule has 1 heterocycles. The molecule has 1 atom stereocenters. The second-order valence-electron chi connectivity index (χ2n) is 3.41. The van der Waals surface area contributed by atoms with E-state index in [0.717, 1.165) is 17.5 Å². The van der Waals surface area contributed by atoms with Crippen LogP contribution in [0, 0.1) is 10.1 Å². The molecule has 7 nitrogen and oxygen atoms in total. The maximum Gasteiger partial charge on any atom is 0.389 e. The number of aromatic nitrogens is 2. The predicted molar refractivity (Wildman–Crippen MR) is 55.1 cm³/mol. The van der Waals surface area contributed by atoms with Crippen LogP contribution in [0.5, 0.6) is 0 Å². The van der Waals surface area contributed by atoms with E-state index in [4.69, 9.17) is 5.11 Å². The summed E-state index contributed by atoms with van der Waals surface area (Å²) < 4.78 is 1.14. The van der Waals surface area contributed by atoms with Crippen molar-refractivity contribution in [2.24, 2.45) is 0 Å². The smallest absolute Gasteiger partial charge is 0.389 e. The normalized spacial score (nSPS) is 12.3. The molecule has 1 unspecified atom stereocenters. The zero-order chi connectivity index (χ0) is 12.1. The molecule has 0 spiro atoms. The topological polar surface area (TPSA) is 98.3 Å². The van der Waals surface area contributed by atoms with Gasteiger partial charge in [0.25, 0.3) is 0 Å². The molecule has 0 bridgehead atoms. The third-order valence-corrected chi connectivity index (χ3v) is 2.22. The molecule has 1 rings (SSSR count). The van der Waals surface area contributed by atoms with Crippen molar-refractivity contribution >= 4 is 11.8 Å². The van der Waals surface area contributed by atoms with Crippen molar-refractivity contribution in [2.75, 3.05) is 0 Å². The molecule has 1 aromatic rings. The molecule has 16 heavy (non-hydrogen) atoms. The number of aliphatic carboxylic acids is 1. The van der Waals surface area contributed by atoms with Gasteiger partial charge in [0, 0.05) is 0 Å². The molecule has 7 heteroatoms. The van der Waals surface area contributed by atoms with E-state index in [9.17, 15) is 14.9 Å². The summed E-state index contributed by atoms with van der Waals surface area (Å²) in [5, 5.41) is 23.0. The van der Waals surface area contributed by atoms with Crippen molar-refractivity contribution in [3.8, 4) is 0 Å². The van der Waals surface area contributed by atoms with Crippen molar-refractivity contribution in [2.45, 2.75) is 32.2 Å². The highest BCUT2D eigenvalue weighted by Crippen LogP contribution is 2.17. The van der Waals surface area contributed by atoms with Crippen LogP contribution in [0.25, 0.3) is 0 Å². The Balaban J connectivity index is 2.84. The highest BCUT2D eigenvalue weighted by Gasteiger charge is 2.24. The van der Waals surface area contributed by atoms with Crippen LogP contribution in [-0.2, 0) is 4.79 Å². The van der Waals surface area contributed by atoms with Gasteiger partial charge >= 0.3 is 11.8 Å². The number of rotatable bonds is 6. The molecular formula is C9H13N3O4. The van der Waals surface area contributed by atoms with Gasteiger partial charge in [0.1, 0.15) is 0 Å². The first-order valence-corrected chi connectivity index (χ1v) is 4.98. The van der Waals surface area contributed by atoms with E-state index >= 15 is 0 Å². The van der Waals surface area contributed by atoms with E-state index in [-0.39, 0.29) is 5.82 Å². The van der Waals surface area contributed by atoms with Gasteiger partial charge in [-0.15, -0.1) is 0 Å². The Hall–Kier alpha value is -1.92. The van der Waals surface area contributed by atoms with Gasteiger partial charge < -0.3 is 15.2 Å². The zero-order valence-electron chi connectivity index (χ0n) is 8.87. The summed E-state index contributed by atoms with van der Waals surface area (Å²) in [5.41, 5.74) is 0. The Labute approximate surface area is 91.8 Å². The molecule has 0 radical (unpaired) electrons. The van der Waals surface area contributed by atoms with Crippen LogP contribution in [0.4, 0.5) is 5.82 Å². The number of nitrogens with zero attached hydrogens (tertiary/aromatic N) is 3. The van der Waals surface area contributed by atoms with Crippen LogP contribution in [0.1, 0.15) is 32.2 Å². The third kappa shape index (κ3) is 2.78. The largest absolute Gasteiger partial charge is 0.480 e. The quantitative estimate of drug-likeness (QED) is 0.588.